The summed E-state index contributed by atoms with van der Waals surface area (Å²) in [7, 11) is 0. The van der Waals surface area contributed by atoms with E-state index in [1.807, 2.05) is 30.3 Å². The molecule has 2 aliphatic rings. The highest BCUT2D eigenvalue weighted by molar-refractivity contribution is 8.00. The molecule has 1 atom stereocenters. The van der Waals surface area contributed by atoms with Gasteiger partial charge in [0.25, 0.3) is 0 Å². The van der Waals surface area contributed by atoms with Crippen molar-refractivity contribution in [3.8, 4) is 0 Å². The van der Waals surface area contributed by atoms with Crippen molar-refractivity contribution in [3.05, 3.63) is 100 Å². The first kappa shape index (κ1) is 16.4. The lowest BCUT2D eigenvalue weighted by atomic mass is 9.96. The number of ketones is 1. The molecular formula is C24H19NOS. The molecule has 0 amide bonds. The van der Waals surface area contributed by atoms with Gasteiger partial charge in [0.05, 0.1) is 16.6 Å². The Balaban J connectivity index is 1.78. The van der Waals surface area contributed by atoms with Crippen molar-refractivity contribution in [1.82, 2.24) is 0 Å². The van der Waals surface area contributed by atoms with Gasteiger partial charge in [0.2, 0.25) is 0 Å². The first-order chi connectivity index (χ1) is 13.1. The van der Waals surface area contributed by atoms with Crippen LogP contribution in [0, 0.1) is 13.8 Å². The van der Waals surface area contributed by atoms with Crippen LogP contribution in [-0.2, 0) is 0 Å². The Morgan fingerprint density at radius 3 is 2.48 bits per heavy atom. The van der Waals surface area contributed by atoms with Gasteiger partial charge >= 0.3 is 0 Å². The highest BCUT2D eigenvalue weighted by Crippen LogP contribution is 2.52. The number of anilines is 1. The number of carbonyl (C=O) groups is 1. The minimum Gasteiger partial charge on any atom is -0.354 e. The third-order valence-electron chi connectivity index (χ3n) is 5.33. The van der Waals surface area contributed by atoms with Crippen molar-refractivity contribution >= 4 is 28.9 Å². The van der Waals surface area contributed by atoms with E-state index in [0.717, 1.165) is 28.1 Å². The zero-order valence-electron chi connectivity index (χ0n) is 15.2. The molecule has 0 radical (unpaired) electrons. The highest BCUT2D eigenvalue weighted by atomic mass is 32.2. The second-order valence-electron chi connectivity index (χ2n) is 7.14. The summed E-state index contributed by atoms with van der Waals surface area (Å²) < 4.78 is 0. The van der Waals surface area contributed by atoms with Crippen molar-refractivity contribution in [2.24, 2.45) is 0 Å². The van der Waals surface area contributed by atoms with Gasteiger partial charge in [-0.25, -0.2) is 0 Å². The Morgan fingerprint density at radius 1 is 0.889 bits per heavy atom. The van der Waals surface area contributed by atoms with Crippen molar-refractivity contribution in [1.29, 1.82) is 0 Å². The fourth-order valence-corrected chi connectivity index (χ4v) is 5.32. The van der Waals surface area contributed by atoms with E-state index in [0.29, 0.717) is 0 Å². The molecule has 1 N–H and O–H groups in total. The molecule has 0 aromatic heterocycles. The van der Waals surface area contributed by atoms with Crippen LogP contribution < -0.4 is 5.32 Å². The van der Waals surface area contributed by atoms with E-state index in [-0.39, 0.29) is 11.0 Å². The fraction of sp³-hybridized carbons (Fsp3) is 0.125. The fourth-order valence-electron chi connectivity index (χ4n) is 3.94. The van der Waals surface area contributed by atoms with Crippen LogP contribution in [0.4, 0.5) is 5.69 Å². The van der Waals surface area contributed by atoms with Gasteiger partial charge in [-0.05, 0) is 37.1 Å². The molecule has 3 aromatic carbocycles. The van der Waals surface area contributed by atoms with Crippen molar-refractivity contribution in [2.75, 3.05) is 5.32 Å². The molecule has 0 fully saturated rings. The maximum atomic E-state index is 13.4. The first-order valence-electron chi connectivity index (χ1n) is 9.11. The van der Waals surface area contributed by atoms with Gasteiger partial charge in [0, 0.05) is 21.6 Å². The molecule has 0 bridgehead atoms. The lowest BCUT2D eigenvalue weighted by Crippen LogP contribution is -2.09. The minimum absolute atomic E-state index is 0.0315. The van der Waals surface area contributed by atoms with Crippen LogP contribution in [0.5, 0.6) is 0 Å². The lowest BCUT2D eigenvalue weighted by Gasteiger charge is -2.20. The Kier molecular flexibility index (Phi) is 3.73. The van der Waals surface area contributed by atoms with Gasteiger partial charge in [-0.15, -0.1) is 11.8 Å². The van der Waals surface area contributed by atoms with E-state index < -0.39 is 0 Å². The maximum Gasteiger partial charge on any atom is 0.193 e. The number of hydrogen-bond donors (Lipinski definition) is 1. The summed E-state index contributed by atoms with van der Waals surface area (Å²) in [6.07, 6.45) is 0. The monoisotopic (exact) mass is 369 g/mol. The van der Waals surface area contributed by atoms with Gasteiger partial charge in [-0.3, -0.25) is 4.79 Å². The average molecular weight is 369 g/mol. The summed E-state index contributed by atoms with van der Waals surface area (Å²) in [5, 5.41) is 3.55. The quantitative estimate of drug-likeness (QED) is 0.556. The first-order valence-corrected chi connectivity index (χ1v) is 9.99. The number of carbonyl (C=O) groups excluding carboxylic acids is 1. The molecule has 1 heterocycles. The predicted octanol–water partition coefficient (Wildman–Crippen LogP) is 6.17. The molecule has 0 unspecified atom stereocenters. The Hall–Kier alpha value is -2.78. The van der Waals surface area contributed by atoms with E-state index in [4.69, 9.17) is 0 Å². The van der Waals surface area contributed by atoms with Crippen LogP contribution in [0.1, 0.15) is 37.9 Å². The summed E-state index contributed by atoms with van der Waals surface area (Å²) in [6.45, 7) is 4.24. The van der Waals surface area contributed by atoms with Gasteiger partial charge < -0.3 is 5.32 Å². The Bertz CT molecular complexity index is 1130. The maximum absolute atomic E-state index is 13.4. The number of aryl methyl sites for hydroxylation is 2. The van der Waals surface area contributed by atoms with Crippen LogP contribution in [0.15, 0.2) is 77.2 Å². The zero-order valence-corrected chi connectivity index (χ0v) is 16.1. The summed E-state index contributed by atoms with van der Waals surface area (Å²) in [5.74, 6) is 0.138. The SMILES string of the molecule is Cc1ccc(C)c([C@@H]2Sc3ccccc3NC3=C2C(=O)c2ccccc23)c1. The molecule has 3 heteroatoms. The number of Topliss-reactive ketones (excluding diaryl/α,β-unsaturated/α-hetero) is 1. The van der Waals surface area contributed by atoms with E-state index in [2.05, 4.69) is 55.6 Å². The minimum atomic E-state index is -0.0315. The molecule has 0 saturated carbocycles. The van der Waals surface area contributed by atoms with E-state index in [1.165, 1.54) is 21.6 Å². The smallest absolute Gasteiger partial charge is 0.193 e. The predicted molar refractivity (Wildman–Crippen MR) is 112 cm³/mol. The number of benzene rings is 3. The van der Waals surface area contributed by atoms with E-state index >= 15 is 0 Å². The second kappa shape index (κ2) is 6.14. The molecule has 1 aliphatic heterocycles. The second-order valence-corrected chi connectivity index (χ2v) is 8.29. The number of thioether (sulfide) groups is 1. The molecule has 5 rings (SSSR count). The summed E-state index contributed by atoms with van der Waals surface area (Å²) in [4.78, 5) is 14.6. The molecule has 3 aromatic rings. The van der Waals surface area contributed by atoms with E-state index in [1.54, 1.807) is 11.8 Å². The van der Waals surface area contributed by atoms with E-state index in [9.17, 15) is 4.79 Å². The Labute approximate surface area is 163 Å². The topological polar surface area (TPSA) is 29.1 Å². The van der Waals surface area contributed by atoms with Gasteiger partial charge in [0.15, 0.2) is 5.78 Å². The normalized spacial score (nSPS) is 17.7. The molecule has 2 nitrogen and oxygen atoms in total. The summed E-state index contributed by atoms with van der Waals surface area (Å²) >= 11 is 1.76. The Morgan fingerprint density at radius 2 is 1.63 bits per heavy atom. The average Bonchev–Trinajstić information content (AvgIpc) is 2.85. The van der Waals surface area contributed by atoms with Crippen LogP contribution in [0.2, 0.25) is 0 Å². The molecule has 0 saturated heterocycles. The van der Waals surface area contributed by atoms with Gasteiger partial charge in [-0.2, -0.15) is 0 Å². The van der Waals surface area contributed by atoms with Gasteiger partial charge in [0.1, 0.15) is 0 Å². The summed E-state index contributed by atoms with van der Waals surface area (Å²) in [5.41, 5.74) is 8.33. The zero-order chi connectivity index (χ0) is 18.5. The van der Waals surface area contributed by atoms with Crippen molar-refractivity contribution in [3.63, 3.8) is 0 Å². The number of nitrogens with one attached hydrogen (secondary N) is 1. The standard InChI is InChI=1S/C24H19NOS/c1-14-11-12-15(2)18(13-14)24-21-22(16-7-3-4-8-17(16)23(21)26)25-19-9-5-6-10-20(19)27-24/h3-13,24-25H,1-2H3/t24-/m0/s1. The largest absolute Gasteiger partial charge is 0.354 e. The van der Waals surface area contributed by atoms with Crippen molar-refractivity contribution in [2.45, 2.75) is 24.0 Å². The van der Waals surface area contributed by atoms with Crippen LogP contribution >= 0.6 is 11.8 Å². The summed E-state index contributed by atoms with van der Waals surface area (Å²) in [6, 6.07) is 22.7. The number of para-hydroxylation sites is 1. The third kappa shape index (κ3) is 2.54. The van der Waals surface area contributed by atoms with Crippen LogP contribution in [0.25, 0.3) is 5.70 Å². The number of fused-ring (bicyclic) bond motifs is 3. The third-order valence-corrected chi connectivity index (χ3v) is 6.66. The number of hydrogen-bond acceptors (Lipinski definition) is 3. The van der Waals surface area contributed by atoms with Crippen molar-refractivity contribution < 1.29 is 4.79 Å². The molecular weight excluding hydrogens is 350 g/mol. The van der Waals surface area contributed by atoms with Crippen LogP contribution in [0.3, 0.4) is 0 Å². The lowest BCUT2D eigenvalue weighted by molar-refractivity contribution is 0.103. The highest BCUT2D eigenvalue weighted by Gasteiger charge is 2.38. The molecule has 0 spiro atoms. The molecule has 27 heavy (non-hydrogen) atoms. The molecule has 1 aliphatic carbocycles. The number of rotatable bonds is 1. The molecule has 132 valence electrons. The van der Waals surface area contributed by atoms with Crippen LogP contribution in [-0.4, -0.2) is 5.78 Å². The van der Waals surface area contributed by atoms with Gasteiger partial charge in [-0.1, -0.05) is 60.2 Å².